The van der Waals surface area contributed by atoms with Crippen molar-refractivity contribution < 1.29 is 19.3 Å². The number of hydrogen-bond donors (Lipinski definition) is 1. The van der Waals surface area contributed by atoms with Gasteiger partial charge in [-0.1, -0.05) is 24.3 Å². The highest BCUT2D eigenvalue weighted by Gasteiger charge is 2.32. The van der Waals surface area contributed by atoms with Crippen LogP contribution in [0.3, 0.4) is 0 Å². The lowest BCUT2D eigenvalue weighted by atomic mass is 10.0. The topological polar surface area (TPSA) is 54.4 Å². The maximum atomic E-state index is 10.5. The van der Waals surface area contributed by atoms with Crippen molar-refractivity contribution in [2.45, 2.75) is 32.0 Å². The number of aliphatic hydroxyl groups is 1. The van der Waals surface area contributed by atoms with Gasteiger partial charge in [-0.2, -0.15) is 0 Å². The minimum absolute atomic E-state index is 0.207. The zero-order valence-electron chi connectivity index (χ0n) is 18.1. The zero-order chi connectivity index (χ0) is 21.1. The van der Waals surface area contributed by atoms with Crippen molar-refractivity contribution in [3.05, 3.63) is 48.0 Å². The molecular weight excluding hydrogens is 380 g/mol. The molecule has 0 amide bonds. The molecule has 0 spiro atoms. The van der Waals surface area contributed by atoms with E-state index < -0.39 is 6.10 Å². The van der Waals surface area contributed by atoms with Gasteiger partial charge in [0.2, 0.25) is 0 Å². The molecule has 1 N–H and O–H groups in total. The van der Waals surface area contributed by atoms with E-state index >= 15 is 0 Å². The van der Waals surface area contributed by atoms with Gasteiger partial charge in [0.05, 0.1) is 12.8 Å². The van der Waals surface area contributed by atoms with E-state index in [0.717, 1.165) is 55.5 Å². The Balaban J connectivity index is 1.26. The number of aliphatic hydroxyl groups excluding tert-OH is 1. The van der Waals surface area contributed by atoms with Crippen molar-refractivity contribution in [2.24, 2.45) is 0 Å². The highest BCUT2D eigenvalue weighted by molar-refractivity contribution is 5.58. The number of piperazine rings is 1. The molecule has 1 fully saturated rings. The van der Waals surface area contributed by atoms with Gasteiger partial charge in [0.25, 0.3) is 0 Å². The molecule has 0 radical (unpaired) electrons. The van der Waals surface area contributed by atoms with Gasteiger partial charge < -0.3 is 24.2 Å². The first-order valence-electron chi connectivity index (χ1n) is 10.7. The Labute approximate surface area is 179 Å². The van der Waals surface area contributed by atoms with E-state index in [2.05, 4.69) is 35.8 Å². The number of β-amino-alcohol motifs (C(OH)–C–C–N with tert-alkyl or cyclic N) is 1. The second kappa shape index (κ2) is 8.74. The van der Waals surface area contributed by atoms with E-state index in [4.69, 9.17) is 14.2 Å². The highest BCUT2D eigenvalue weighted by Crippen LogP contribution is 2.41. The first-order chi connectivity index (χ1) is 14.4. The van der Waals surface area contributed by atoms with Gasteiger partial charge in [0.1, 0.15) is 24.1 Å². The predicted octanol–water partition coefficient (Wildman–Crippen LogP) is 2.97. The standard InChI is InChI=1S/C24H32N2O4/c1-24(2)15-18-7-6-10-22(23(18)30-24)29-17-19(27)16-25-11-13-26(14-12-25)20-8-4-5-9-21(20)28-3/h4-10,19,27H,11-17H2,1-3H3. The molecule has 0 aromatic heterocycles. The first-order valence-corrected chi connectivity index (χ1v) is 10.7. The lowest BCUT2D eigenvalue weighted by Gasteiger charge is -2.37. The van der Waals surface area contributed by atoms with Crippen LogP contribution in [0.1, 0.15) is 19.4 Å². The third kappa shape index (κ3) is 4.65. The van der Waals surface area contributed by atoms with Gasteiger partial charge in [-0.25, -0.2) is 0 Å². The summed E-state index contributed by atoms with van der Waals surface area (Å²) in [6.45, 7) is 8.62. The van der Waals surface area contributed by atoms with Crippen LogP contribution in [0.15, 0.2) is 42.5 Å². The van der Waals surface area contributed by atoms with Crippen LogP contribution in [0, 0.1) is 0 Å². The summed E-state index contributed by atoms with van der Waals surface area (Å²) >= 11 is 0. The van der Waals surface area contributed by atoms with Crippen LogP contribution in [-0.4, -0.2) is 68.2 Å². The van der Waals surface area contributed by atoms with Gasteiger partial charge >= 0.3 is 0 Å². The number of methoxy groups -OCH3 is 1. The molecule has 2 aromatic rings. The van der Waals surface area contributed by atoms with E-state index in [-0.39, 0.29) is 12.2 Å². The lowest BCUT2D eigenvalue weighted by molar-refractivity contribution is 0.0631. The van der Waals surface area contributed by atoms with Crippen molar-refractivity contribution in [1.82, 2.24) is 4.90 Å². The van der Waals surface area contributed by atoms with E-state index in [1.54, 1.807) is 7.11 Å². The molecule has 2 aliphatic heterocycles. The number of fused-ring (bicyclic) bond motifs is 1. The second-order valence-corrected chi connectivity index (χ2v) is 8.71. The number of para-hydroxylation sites is 3. The summed E-state index contributed by atoms with van der Waals surface area (Å²) in [5.41, 5.74) is 2.09. The van der Waals surface area contributed by atoms with Crippen LogP contribution in [-0.2, 0) is 6.42 Å². The predicted molar refractivity (Wildman–Crippen MR) is 118 cm³/mol. The summed E-state index contributed by atoms with van der Waals surface area (Å²) in [6, 6.07) is 14.1. The quantitative estimate of drug-likeness (QED) is 0.755. The molecule has 1 unspecified atom stereocenters. The van der Waals surface area contributed by atoms with Crippen molar-refractivity contribution in [1.29, 1.82) is 0 Å². The summed E-state index contributed by atoms with van der Waals surface area (Å²) in [7, 11) is 1.71. The Hall–Kier alpha value is -2.44. The van der Waals surface area contributed by atoms with Crippen molar-refractivity contribution in [3.8, 4) is 17.2 Å². The molecule has 1 saturated heterocycles. The second-order valence-electron chi connectivity index (χ2n) is 8.71. The molecule has 4 rings (SSSR count). The summed E-state index contributed by atoms with van der Waals surface area (Å²) < 4.78 is 17.5. The Kier molecular flexibility index (Phi) is 6.06. The first kappa shape index (κ1) is 20.8. The van der Waals surface area contributed by atoms with Crippen molar-refractivity contribution in [2.75, 3.05) is 51.3 Å². The normalized spacial score (nSPS) is 19.1. The van der Waals surface area contributed by atoms with Gasteiger partial charge in [0.15, 0.2) is 11.5 Å². The van der Waals surface area contributed by atoms with Crippen LogP contribution in [0.25, 0.3) is 0 Å². The van der Waals surface area contributed by atoms with Gasteiger partial charge in [0, 0.05) is 44.7 Å². The number of benzene rings is 2. The molecule has 2 aliphatic rings. The maximum absolute atomic E-state index is 10.5. The smallest absolute Gasteiger partial charge is 0.165 e. The molecule has 0 saturated carbocycles. The SMILES string of the molecule is COc1ccccc1N1CCN(CC(O)COc2cccc3c2OC(C)(C)C3)CC1. The van der Waals surface area contributed by atoms with Gasteiger partial charge in [-0.3, -0.25) is 4.90 Å². The third-order valence-corrected chi connectivity index (χ3v) is 5.75. The van der Waals surface area contributed by atoms with Gasteiger partial charge in [-0.05, 0) is 32.0 Å². The minimum atomic E-state index is -0.548. The van der Waals surface area contributed by atoms with Gasteiger partial charge in [-0.15, -0.1) is 0 Å². The van der Waals surface area contributed by atoms with Crippen LogP contribution in [0.2, 0.25) is 0 Å². The number of nitrogens with zero attached hydrogens (tertiary/aromatic N) is 2. The molecule has 30 heavy (non-hydrogen) atoms. The van der Waals surface area contributed by atoms with E-state index in [1.807, 2.05) is 30.3 Å². The van der Waals surface area contributed by atoms with Crippen LogP contribution >= 0.6 is 0 Å². The molecule has 162 valence electrons. The van der Waals surface area contributed by atoms with Crippen LogP contribution < -0.4 is 19.1 Å². The zero-order valence-corrected chi connectivity index (χ0v) is 18.1. The average molecular weight is 413 g/mol. The Bertz CT molecular complexity index is 862. The van der Waals surface area contributed by atoms with E-state index in [9.17, 15) is 5.11 Å². The van der Waals surface area contributed by atoms with Crippen molar-refractivity contribution >= 4 is 5.69 Å². The molecule has 6 nitrogen and oxygen atoms in total. The van der Waals surface area contributed by atoms with Crippen LogP contribution in [0.4, 0.5) is 5.69 Å². The van der Waals surface area contributed by atoms with E-state index in [0.29, 0.717) is 6.54 Å². The fraction of sp³-hybridized carbons (Fsp3) is 0.500. The third-order valence-electron chi connectivity index (χ3n) is 5.75. The Morgan fingerprint density at radius 1 is 1.03 bits per heavy atom. The fourth-order valence-electron chi connectivity index (χ4n) is 4.30. The maximum Gasteiger partial charge on any atom is 0.165 e. The number of hydrogen-bond acceptors (Lipinski definition) is 6. The monoisotopic (exact) mass is 412 g/mol. The average Bonchev–Trinajstić information content (AvgIpc) is 3.07. The van der Waals surface area contributed by atoms with Crippen LogP contribution in [0.5, 0.6) is 17.2 Å². The Morgan fingerprint density at radius 3 is 2.53 bits per heavy atom. The molecule has 2 aromatic carbocycles. The largest absolute Gasteiger partial charge is 0.495 e. The molecule has 0 aliphatic carbocycles. The minimum Gasteiger partial charge on any atom is -0.495 e. The van der Waals surface area contributed by atoms with E-state index in [1.165, 1.54) is 5.56 Å². The molecule has 0 bridgehead atoms. The summed E-state index contributed by atoms with van der Waals surface area (Å²) in [5, 5.41) is 10.5. The van der Waals surface area contributed by atoms with Crippen molar-refractivity contribution in [3.63, 3.8) is 0 Å². The molecule has 1 atom stereocenters. The molecule has 2 heterocycles. The summed E-state index contributed by atoms with van der Waals surface area (Å²) in [6.07, 6.45) is 0.326. The summed E-state index contributed by atoms with van der Waals surface area (Å²) in [5.74, 6) is 2.44. The lowest BCUT2D eigenvalue weighted by Crippen LogP contribution is -2.49. The number of anilines is 1. The number of rotatable bonds is 7. The molecule has 6 heteroatoms. The fourth-order valence-corrected chi connectivity index (χ4v) is 4.30. The summed E-state index contributed by atoms with van der Waals surface area (Å²) in [4.78, 5) is 4.62. The molecular formula is C24H32N2O4. The highest BCUT2D eigenvalue weighted by atomic mass is 16.5. The Morgan fingerprint density at radius 2 is 1.77 bits per heavy atom. The number of ether oxygens (including phenoxy) is 3.